The molecule has 0 spiro atoms. The molecule has 162 valence electrons. The Morgan fingerprint density at radius 2 is 1.45 bits per heavy atom. The molecule has 0 amide bonds. The molecule has 3 rings (SSSR count). The van der Waals surface area contributed by atoms with E-state index in [1.54, 1.807) is 12.1 Å². The fourth-order valence-corrected chi connectivity index (χ4v) is 5.15. The lowest BCUT2D eigenvalue weighted by Crippen LogP contribution is -2.19. The number of nitrogens with one attached hydrogen (secondary N) is 2. The summed E-state index contributed by atoms with van der Waals surface area (Å²) in [6, 6.07) is 13.0. The third-order valence-electron chi connectivity index (χ3n) is 3.99. The lowest BCUT2D eigenvalue weighted by molar-refractivity contribution is 0.0696. The first kappa shape index (κ1) is 22.7. The summed E-state index contributed by atoms with van der Waals surface area (Å²) >= 11 is 3.22. The van der Waals surface area contributed by atoms with Gasteiger partial charge in [-0.15, -0.1) is 0 Å². The highest BCUT2D eigenvalue weighted by Crippen LogP contribution is 2.28. The molecule has 0 atom stereocenters. The summed E-state index contributed by atoms with van der Waals surface area (Å²) in [5.74, 6) is -2.12. The topological polar surface area (TPSA) is 130 Å². The second-order valence-corrected chi connectivity index (χ2v) is 10.4. The smallest absolute Gasteiger partial charge is 0.335 e. The summed E-state index contributed by atoms with van der Waals surface area (Å²) in [6.07, 6.45) is 0. The normalized spacial score (nSPS) is 11.7. The quantitative estimate of drug-likeness (QED) is 0.426. The van der Waals surface area contributed by atoms with Gasteiger partial charge in [0.15, 0.2) is 0 Å². The number of halogens is 2. The van der Waals surface area contributed by atoms with Crippen molar-refractivity contribution >= 4 is 53.3 Å². The Kier molecular flexibility index (Phi) is 6.34. The van der Waals surface area contributed by atoms with Crippen molar-refractivity contribution in [2.24, 2.45) is 0 Å². The molecule has 0 fully saturated rings. The van der Waals surface area contributed by atoms with Crippen LogP contribution in [0.25, 0.3) is 0 Å². The zero-order valence-corrected chi connectivity index (χ0v) is 18.6. The van der Waals surface area contributed by atoms with Crippen molar-refractivity contribution in [2.45, 2.75) is 9.79 Å². The lowest BCUT2D eigenvalue weighted by Gasteiger charge is -2.14. The summed E-state index contributed by atoms with van der Waals surface area (Å²) in [6.45, 7) is 0. The van der Waals surface area contributed by atoms with Crippen LogP contribution in [0.1, 0.15) is 10.4 Å². The van der Waals surface area contributed by atoms with Crippen molar-refractivity contribution in [3.8, 4) is 0 Å². The van der Waals surface area contributed by atoms with Crippen molar-refractivity contribution in [2.75, 3.05) is 9.44 Å². The molecule has 0 radical (unpaired) electrons. The van der Waals surface area contributed by atoms with Crippen molar-refractivity contribution < 1.29 is 31.1 Å². The summed E-state index contributed by atoms with van der Waals surface area (Å²) in [5, 5.41) is 8.93. The Hall–Kier alpha value is -2.96. The number of carboxylic acids is 1. The van der Waals surface area contributed by atoms with E-state index in [1.807, 2.05) is 0 Å². The van der Waals surface area contributed by atoms with Crippen molar-refractivity contribution in [3.05, 3.63) is 82.6 Å². The molecule has 3 N–H and O–H groups in total. The number of hydrogen-bond donors (Lipinski definition) is 3. The minimum atomic E-state index is -4.36. The van der Waals surface area contributed by atoms with Gasteiger partial charge in [0.25, 0.3) is 20.0 Å². The summed E-state index contributed by atoms with van der Waals surface area (Å²) < 4.78 is 69.9. The van der Waals surface area contributed by atoms with Crippen LogP contribution in [-0.4, -0.2) is 27.9 Å². The first-order valence-electron chi connectivity index (χ1n) is 8.42. The number of benzene rings is 3. The second kappa shape index (κ2) is 8.65. The molecule has 0 saturated carbocycles. The Labute approximate surface area is 186 Å². The molecule has 0 aliphatic rings. The number of aromatic carboxylic acids is 1. The van der Waals surface area contributed by atoms with Gasteiger partial charge in [0.1, 0.15) is 10.7 Å². The van der Waals surface area contributed by atoms with Crippen LogP contribution in [0.4, 0.5) is 15.8 Å². The molecule has 3 aromatic carbocycles. The number of carboxylic acid groups (broad SMARTS) is 1. The predicted octanol–water partition coefficient (Wildman–Crippen LogP) is 3.89. The molecule has 0 heterocycles. The van der Waals surface area contributed by atoms with Gasteiger partial charge in [-0.3, -0.25) is 9.44 Å². The standard InChI is InChI=1S/C19H14BrFN2O6S2/c20-13-3-6-15(7-4-13)22-31(28,29)18-11-14(21)5-10-17(18)23-30(26,27)16-8-1-12(2-9-16)19(24)25/h1-11,22-23H,(H,24,25). The predicted molar refractivity (Wildman–Crippen MR) is 116 cm³/mol. The van der Waals surface area contributed by atoms with Gasteiger partial charge in [-0.05, 0) is 66.7 Å². The lowest BCUT2D eigenvalue weighted by atomic mass is 10.2. The third-order valence-corrected chi connectivity index (χ3v) is 7.32. The highest BCUT2D eigenvalue weighted by atomic mass is 79.9. The number of carbonyl (C=O) groups is 1. The SMILES string of the molecule is O=C(O)c1ccc(S(=O)(=O)Nc2ccc(F)cc2S(=O)(=O)Nc2ccc(Br)cc2)cc1. The highest BCUT2D eigenvalue weighted by Gasteiger charge is 2.24. The van der Waals surface area contributed by atoms with E-state index in [0.717, 1.165) is 36.4 Å². The Morgan fingerprint density at radius 3 is 2.03 bits per heavy atom. The molecule has 0 unspecified atom stereocenters. The third kappa shape index (κ3) is 5.40. The average molecular weight is 529 g/mol. The van der Waals surface area contributed by atoms with E-state index in [1.165, 1.54) is 12.1 Å². The molecule has 3 aromatic rings. The first-order valence-corrected chi connectivity index (χ1v) is 12.2. The van der Waals surface area contributed by atoms with Gasteiger partial charge >= 0.3 is 5.97 Å². The van der Waals surface area contributed by atoms with Crippen molar-refractivity contribution in [1.29, 1.82) is 0 Å². The molecule has 0 bridgehead atoms. The summed E-state index contributed by atoms with van der Waals surface area (Å²) in [5.41, 5.74) is -0.318. The zero-order chi connectivity index (χ0) is 22.8. The molecular formula is C19H14BrFN2O6S2. The molecule has 0 saturated heterocycles. The van der Waals surface area contributed by atoms with Gasteiger partial charge in [-0.1, -0.05) is 15.9 Å². The monoisotopic (exact) mass is 528 g/mol. The molecule has 0 aliphatic carbocycles. The maximum absolute atomic E-state index is 13.8. The van der Waals surface area contributed by atoms with Crippen LogP contribution in [0.5, 0.6) is 0 Å². The summed E-state index contributed by atoms with van der Waals surface area (Å²) in [7, 11) is -8.66. The van der Waals surface area contributed by atoms with E-state index < -0.39 is 36.7 Å². The van der Waals surface area contributed by atoms with E-state index in [2.05, 4.69) is 25.4 Å². The van der Waals surface area contributed by atoms with Gasteiger partial charge in [-0.2, -0.15) is 0 Å². The average Bonchev–Trinajstić information content (AvgIpc) is 2.71. The number of rotatable bonds is 7. The number of sulfonamides is 2. The van der Waals surface area contributed by atoms with Crippen LogP contribution in [0.2, 0.25) is 0 Å². The maximum atomic E-state index is 13.8. The Bertz CT molecular complexity index is 1340. The van der Waals surface area contributed by atoms with Crippen molar-refractivity contribution in [3.63, 3.8) is 0 Å². The molecule has 0 aromatic heterocycles. The minimum Gasteiger partial charge on any atom is -0.478 e. The van der Waals surface area contributed by atoms with Crippen LogP contribution in [0, 0.1) is 5.82 Å². The van der Waals surface area contributed by atoms with E-state index in [0.29, 0.717) is 10.5 Å². The summed E-state index contributed by atoms with van der Waals surface area (Å²) in [4.78, 5) is 10.0. The van der Waals surface area contributed by atoms with E-state index in [9.17, 15) is 26.0 Å². The highest BCUT2D eigenvalue weighted by molar-refractivity contribution is 9.10. The van der Waals surface area contributed by atoms with E-state index in [-0.39, 0.29) is 21.8 Å². The van der Waals surface area contributed by atoms with Gasteiger partial charge in [-0.25, -0.2) is 26.0 Å². The number of hydrogen-bond acceptors (Lipinski definition) is 5. The van der Waals surface area contributed by atoms with E-state index in [4.69, 9.17) is 5.11 Å². The fourth-order valence-electron chi connectivity index (χ4n) is 2.51. The fraction of sp³-hybridized carbons (Fsp3) is 0. The number of anilines is 2. The Balaban J connectivity index is 1.97. The van der Waals surface area contributed by atoms with Crippen LogP contribution in [-0.2, 0) is 20.0 Å². The van der Waals surface area contributed by atoms with Crippen LogP contribution in [0.15, 0.2) is 81.0 Å². The van der Waals surface area contributed by atoms with Gasteiger partial charge in [0, 0.05) is 10.2 Å². The molecule has 12 heteroatoms. The van der Waals surface area contributed by atoms with Gasteiger partial charge in [0.2, 0.25) is 0 Å². The van der Waals surface area contributed by atoms with Gasteiger partial charge in [0.05, 0.1) is 16.1 Å². The minimum absolute atomic E-state index is 0.123. The first-order chi connectivity index (χ1) is 14.5. The Morgan fingerprint density at radius 1 is 0.839 bits per heavy atom. The maximum Gasteiger partial charge on any atom is 0.335 e. The molecule has 8 nitrogen and oxygen atoms in total. The van der Waals surface area contributed by atoms with Crippen molar-refractivity contribution in [1.82, 2.24) is 0 Å². The largest absolute Gasteiger partial charge is 0.478 e. The van der Waals surface area contributed by atoms with Crippen LogP contribution >= 0.6 is 15.9 Å². The second-order valence-electron chi connectivity index (χ2n) is 6.19. The zero-order valence-electron chi connectivity index (χ0n) is 15.4. The van der Waals surface area contributed by atoms with Crippen LogP contribution in [0.3, 0.4) is 0 Å². The molecule has 0 aliphatic heterocycles. The van der Waals surface area contributed by atoms with E-state index >= 15 is 0 Å². The van der Waals surface area contributed by atoms with Gasteiger partial charge < -0.3 is 5.11 Å². The van der Waals surface area contributed by atoms with Crippen LogP contribution < -0.4 is 9.44 Å². The molecule has 31 heavy (non-hydrogen) atoms. The molecular weight excluding hydrogens is 515 g/mol.